The van der Waals surface area contributed by atoms with Crippen LogP contribution in [0.1, 0.15) is 72.6 Å². The average Bonchev–Trinajstić information content (AvgIpc) is 2.78. The minimum atomic E-state index is -1.18. The van der Waals surface area contributed by atoms with Crippen LogP contribution in [0.3, 0.4) is 0 Å². The third-order valence-corrected chi connectivity index (χ3v) is 5.69. The molecular weight excluding hydrogens is 380 g/mol. The number of carbonyl (C=O) groups is 4. The summed E-state index contributed by atoms with van der Waals surface area (Å²) in [4.78, 5) is 48.5. The minimum Gasteiger partial charge on any atom is -0.465 e. The van der Waals surface area contributed by atoms with Gasteiger partial charge in [-0.25, -0.2) is 0 Å². The Morgan fingerprint density at radius 1 is 1.17 bits per heavy atom. The van der Waals surface area contributed by atoms with Gasteiger partial charge in [0.15, 0.2) is 0 Å². The van der Waals surface area contributed by atoms with Crippen molar-refractivity contribution in [3.8, 4) is 0 Å². The van der Waals surface area contributed by atoms with E-state index in [0.717, 1.165) is 12.8 Å². The van der Waals surface area contributed by atoms with E-state index >= 15 is 0 Å². The van der Waals surface area contributed by atoms with Gasteiger partial charge in [-0.15, -0.1) is 0 Å². The molecule has 1 saturated carbocycles. The second-order valence-corrected chi connectivity index (χ2v) is 8.17. The number of hydrogen-bond donors (Lipinski definition) is 0. The molecule has 1 unspecified atom stereocenters. The van der Waals surface area contributed by atoms with Crippen molar-refractivity contribution in [1.82, 2.24) is 0 Å². The predicted octanol–water partition coefficient (Wildman–Crippen LogP) is 2.91. The highest BCUT2D eigenvalue weighted by atomic mass is 16.8. The molecule has 0 bridgehead atoms. The molecule has 1 heterocycles. The number of fused-ring (bicyclic) bond motifs is 1. The zero-order chi connectivity index (χ0) is 21.6. The molecule has 0 aromatic rings. The molecule has 1 saturated heterocycles. The van der Waals surface area contributed by atoms with E-state index in [9.17, 15) is 19.2 Å². The van der Waals surface area contributed by atoms with Gasteiger partial charge in [0.1, 0.15) is 5.78 Å². The second kappa shape index (κ2) is 10.2. The lowest BCUT2D eigenvalue weighted by Gasteiger charge is -2.47. The van der Waals surface area contributed by atoms with Crippen molar-refractivity contribution in [3.63, 3.8) is 0 Å². The number of ketones is 1. The summed E-state index contributed by atoms with van der Waals surface area (Å²) in [6.07, 6.45) is 1.99. The molecule has 5 atom stereocenters. The monoisotopic (exact) mass is 412 g/mol. The van der Waals surface area contributed by atoms with Crippen molar-refractivity contribution < 1.29 is 38.1 Å². The Labute approximate surface area is 171 Å². The van der Waals surface area contributed by atoms with Crippen molar-refractivity contribution in [2.75, 3.05) is 6.61 Å². The first kappa shape index (κ1) is 23.3. The van der Waals surface area contributed by atoms with Gasteiger partial charge in [-0.1, -0.05) is 26.7 Å². The maximum absolute atomic E-state index is 12.9. The van der Waals surface area contributed by atoms with Crippen LogP contribution < -0.4 is 0 Å². The summed E-state index contributed by atoms with van der Waals surface area (Å²) >= 11 is 0. The molecule has 0 aromatic carbocycles. The fourth-order valence-electron chi connectivity index (χ4n) is 4.35. The number of rotatable bonds is 7. The highest BCUT2D eigenvalue weighted by Gasteiger charge is 2.56. The van der Waals surface area contributed by atoms with Crippen LogP contribution in [0.15, 0.2) is 0 Å². The molecule has 0 radical (unpaired) electrons. The predicted molar refractivity (Wildman–Crippen MR) is 101 cm³/mol. The fourth-order valence-corrected chi connectivity index (χ4v) is 4.35. The Balaban J connectivity index is 2.32. The molecule has 0 amide bonds. The molecule has 2 fully saturated rings. The molecule has 0 N–H and O–H groups in total. The summed E-state index contributed by atoms with van der Waals surface area (Å²) in [6.45, 7) is 6.29. The highest BCUT2D eigenvalue weighted by molar-refractivity contribution is 5.83. The summed E-state index contributed by atoms with van der Waals surface area (Å²) in [6, 6.07) is 0. The standard InChI is InChI=1S/C21H32O8/c1-5-8-13(2)19(25)26-12-21-10-7-6-9-16(24)18(21)20(28-15(4)23)29-17(11-21)27-14(3)22/h13,17-18,20H,5-12H2,1-4H3/t13?,17-,18-,20-,21+/m1/s1. The van der Waals surface area contributed by atoms with E-state index in [0.29, 0.717) is 25.7 Å². The van der Waals surface area contributed by atoms with Gasteiger partial charge in [-0.3, -0.25) is 19.2 Å². The molecule has 1 aliphatic heterocycles. The minimum absolute atomic E-state index is 0.00478. The third kappa shape index (κ3) is 6.01. The summed E-state index contributed by atoms with van der Waals surface area (Å²) in [5, 5.41) is 0. The number of hydrogen-bond acceptors (Lipinski definition) is 8. The van der Waals surface area contributed by atoms with Crippen LogP contribution in [0.2, 0.25) is 0 Å². The zero-order valence-electron chi connectivity index (χ0n) is 17.7. The molecular formula is C21H32O8. The number of ether oxygens (including phenoxy) is 4. The molecule has 2 rings (SSSR count). The third-order valence-electron chi connectivity index (χ3n) is 5.69. The Hall–Kier alpha value is -1.96. The average molecular weight is 412 g/mol. The van der Waals surface area contributed by atoms with Crippen LogP contribution in [0.4, 0.5) is 0 Å². The molecule has 0 spiro atoms. The zero-order valence-corrected chi connectivity index (χ0v) is 17.7. The van der Waals surface area contributed by atoms with Crippen molar-refractivity contribution in [3.05, 3.63) is 0 Å². The first-order chi connectivity index (χ1) is 13.7. The van der Waals surface area contributed by atoms with E-state index in [4.69, 9.17) is 18.9 Å². The van der Waals surface area contributed by atoms with Crippen molar-refractivity contribution in [2.24, 2.45) is 17.3 Å². The van der Waals surface area contributed by atoms with Crippen molar-refractivity contribution in [1.29, 1.82) is 0 Å². The largest absolute Gasteiger partial charge is 0.465 e. The van der Waals surface area contributed by atoms with Gasteiger partial charge in [0.2, 0.25) is 12.6 Å². The Morgan fingerprint density at radius 3 is 2.48 bits per heavy atom. The number of Topliss-reactive ketones (excluding diaryl/α,β-unsaturated/α-hetero) is 1. The first-order valence-electron chi connectivity index (χ1n) is 10.4. The Kier molecular flexibility index (Phi) is 8.19. The molecule has 8 heteroatoms. The van der Waals surface area contributed by atoms with Gasteiger partial charge >= 0.3 is 17.9 Å². The molecule has 0 aromatic heterocycles. The normalized spacial score (nSPS) is 30.5. The Bertz CT molecular complexity index is 630. The van der Waals surface area contributed by atoms with Crippen LogP contribution >= 0.6 is 0 Å². The van der Waals surface area contributed by atoms with Gasteiger partial charge in [0.05, 0.1) is 18.4 Å². The van der Waals surface area contributed by atoms with Crippen LogP contribution in [0.5, 0.6) is 0 Å². The Morgan fingerprint density at radius 2 is 1.86 bits per heavy atom. The summed E-state index contributed by atoms with van der Waals surface area (Å²) in [5.74, 6) is -2.57. The quantitative estimate of drug-likeness (QED) is 0.464. The van der Waals surface area contributed by atoms with E-state index in [1.54, 1.807) is 0 Å². The summed E-state index contributed by atoms with van der Waals surface area (Å²) in [5.41, 5.74) is -0.812. The van der Waals surface area contributed by atoms with Crippen LogP contribution in [0.25, 0.3) is 0 Å². The lowest BCUT2D eigenvalue weighted by atomic mass is 9.67. The summed E-state index contributed by atoms with van der Waals surface area (Å²) < 4.78 is 21.9. The topological polar surface area (TPSA) is 105 Å². The van der Waals surface area contributed by atoms with Gasteiger partial charge in [-0.2, -0.15) is 0 Å². The maximum atomic E-state index is 12.9. The molecule has 1 aliphatic carbocycles. The van der Waals surface area contributed by atoms with Gasteiger partial charge in [0, 0.05) is 32.1 Å². The van der Waals surface area contributed by atoms with Crippen LogP contribution in [-0.2, 0) is 38.1 Å². The van der Waals surface area contributed by atoms with Gasteiger partial charge < -0.3 is 18.9 Å². The van der Waals surface area contributed by atoms with Crippen molar-refractivity contribution in [2.45, 2.75) is 85.2 Å². The SMILES string of the molecule is CCCC(C)C(=O)OC[C@@]12CCCCC(=O)[C@@H]1[C@H](OC(C)=O)O[C@@H](OC(C)=O)C2. The van der Waals surface area contributed by atoms with Crippen molar-refractivity contribution >= 4 is 23.7 Å². The molecule has 164 valence electrons. The van der Waals surface area contributed by atoms with E-state index in [-0.39, 0.29) is 30.7 Å². The first-order valence-corrected chi connectivity index (χ1v) is 10.4. The van der Waals surface area contributed by atoms with Crippen LogP contribution in [-0.4, -0.2) is 42.9 Å². The summed E-state index contributed by atoms with van der Waals surface area (Å²) in [7, 11) is 0. The molecule has 8 nitrogen and oxygen atoms in total. The highest BCUT2D eigenvalue weighted by Crippen LogP contribution is 2.49. The smallest absolute Gasteiger partial charge is 0.308 e. The van der Waals surface area contributed by atoms with E-state index in [1.165, 1.54) is 13.8 Å². The molecule has 29 heavy (non-hydrogen) atoms. The fraction of sp³-hybridized carbons (Fsp3) is 0.810. The number of carbonyl (C=O) groups excluding carboxylic acids is 4. The lowest BCUT2D eigenvalue weighted by molar-refractivity contribution is -0.297. The van der Waals surface area contributed by atoms with Gasteiger partial charge in [-0.05, 0) is 19.3 Å². The maximum Gasteiger partial charge on any atom is 0.308 e. The second-order valence-electron chi connectivity index (χ2n) is 8.17. The van der Waals surface area contributed by atoms with Gasteiger partial charge in [0.25, 0.3) is 0 Å². The number of esters is 3. The van der Waals surface area contributed by atoms with Crippen LogP contribution in [0, 0.1) is 17.3 Å². The van der Waals surface area contributed by atoms with E-state index in [1.807, 2.05) is 13.8 Å². The lowest BCUT2D eigenvalue weighted by Crippen LogP contribution is -2.55. The molecule has 2 aliphatic rings. The van der Waals surface area contributed by atoms with E-state index in [2.05, 4.69) is 0 Å². The van der Waals surface area contributed by atoms with E-state index < -0.39 is 35.9 Å².